The maximum absolute atomic E-state index is 11.0. The predicted molar refractivity (Wildman–Crippen MR) is 89.8 cm³/mol. The number of carboxylic acids is 1. The van der Waals surface area contributed by atoms with Gasteiger partial charge in [0.15, 0.2) is 0 Å². The molecule has 1 heterocycles. The minimum atomic E-state index is -0.733. The van der Waals surface area contributed by atoms with Gasteiger partial charge in [0.2, 0.25) is 0 Å². The first kappa shape index (κ1) is 17.3. The fourth-order valence-corrected chi connectivity index (χ4v) is 3.71. The summed E-state index contributed by atoms with van der Waals surface area (Å²) in [6.45, 7) is 4.66. The zero-order valence-corrected chi connectivity index (χ0v) is 13.9. The first-order chi connectivity index (χ1) is 10.7. The van der Waals surface area contributed by atoms with Crippen molar-refractivity contribution < 1.29 is 14.6 Å². The standard InChI is InChI=1S/C17H25NO3S/c1-2-12-22-18-10-11-21-17(14-6-4-3-5-7-14)15(13-18)8-9-16(19)20/h3-7,15,17H,2,8-13H2,1H3,(H,19,20). The number of hydrogen-bond donors (Lipinski definition) is 1. The van der Waals surface area contributed by atoms with Crippen molar-refractivity contribution in [2.45, 2.75) is 32.3 Å². The molecule has 0 radical (unpaired) electrons. The van der Waals surface area contributed by atoms with Crippen molar-refractivity contribution in [2.75, 3.05) is 25.4 Å². The number of rotatable bonds is 7. The fraction of sp³-hybridized carbons (Fsp3) is 0.588. The highest BCUT2D eigenvalue weighted by atomic mass is 32.2. The van der Waals surface area contributed by atoms with E-state index < -0.39 is 5.97 Å². The first-order valence-corrected chi connectivity index (χ1v) is 8.91. The van der Waals surface area contributed by atoms with E-state index in [0.717, 1.165) is 30.8 Å². The van der Waals surface area contributed by atoms with Crippen LogP contribution >= 0.6 is 11.9 Å². The van der Waals surface area contributed by atoms with Crippen molar-refractivity contribution in [3.63, 3.8) is 0 Å². The molecule has 2 atom stereocenters. The predicted octanol–water partition coefficient (Wildman–Crippen LogP) is 3.60. The number of aliphatic carboxylic acids is 1. The van der Waals surface area contributed by atoms with Crippen LogP contribution in [0.25, 0.3) is 0 Å². The van der Waals surface area contributed by atoms with Crippen LogP contribution < -0.4 is 0 Å². The average Bonchev–Trinajstić information content (AvgIpc) is 2.74. The zero-order chi connectivity index (χ0) is 15.8. The molecule has 1 aromatic rings. The highest BCUT2D eigenvalue weighted by Crippen LogP contribution is 2.33. The van der Waals surface area contributed by atoms with Crippen molar-refractivity contribution in [1.29, 1.82) is 0 Å². The van der Waals surface area contributed by atoms with Crippen LogP contribution in [0.15, 0.2) is 30.3 Å². The molecule has 0 spiro atoms. The quantitative estimate of drug-likeness (QED) is 0.777. The van der Waals surface area contributed by atoms with Crippen LogP contribution in [0.3, 0.4) is 0 Å². The maximum Gasteiger partial charge on any atom is 0.303 e. The normalized spacial score (nSPS) is 23.1. The molecule has 1 saturated heterocycles. The summed E-state index contributed by atoms with van der Waals surface area (Å²) < 4.78 is 8.44. The van der Waals surface area contributed by atoms with Crippen molar-refractivity contribution in [3.8, 4) is 0 Å². The molecule has 0 aromatic heterocycles. The zero-order valence-electron chi connectivity index (χ0n) is 13.1. The molecule has 0 bridgehead atoms. The average molecular weight is 323 g/mol. The highest BCUT2D eigenvalue weighted by Gasteiger charge is 2.29. The maximum atomic E-state index is 11.0. The smallest absolute Gasteiger partial charge is 0.303 e. The molecular formula is C17H25NO3S. The number of nitrogens with zero attached hydrogens (tertiary/aromatic N) is 1. The molecule has 122 valence electrons. The van der Waals surface area contributed by atoms with E-state index in [9.17, 15) is 4.79 Å². The van der Waals surface area contributed by atoms with Gasteiger partial charge in [0.25, 0.3) is 0 Å². The number of ether oxygens (including phenoxy) is 1. The van der Waals surface area contributed by atoms with Crippen LogP contribution in [0, 0.1) is 5.92 Å². The summed E-state index contributed by atoms with van der Waals surface area (Å²) in [5.41, 5.74) is 1.15. The van der Waals surface area contributed by atoms with Gasteiger partial charge in [-0.1, -0.05) is 49.2 Å². The third kappa shape index (κ3) is 5.30. The molecule has 1 fully saturated rings. The van der Waals surface area contributed by atoms with E-state index in [4.69, 9.17) is 9.84 Å². The molecule has 2 rings (SSSR count). The molecule has 0 aliphatic carbocycles. The number of hydrogen-bond acceptors (Lipinski definition) is 4. The molecule has 1 aromatic carbocycles. The summed E-state index contributed by atoms with van der Waals surface area (Å²) in [6.07, 6.45) is 1.99. The molecule has 0 saturated carbocycles. The van der Waals surface area contributed by atoms with Gasteiger partial charge in [0, 0.05) is 31.2 Å². The Bertz CT molecular complexity index is 454. The van der Waals surface area contributed by atoms with Gasteiger partial charge in [-0.25, -0.2) is 4.31 Å². The van der Waals surface area contributed by atoms with E-state index in [2.05, 4.69) is 23.4 Å². The van der Waals surface area contributed by atoms with Gasteiger partial charge in [0.05, 0.1) is 12.7 Å². The molecule has 22 heavy (non-hydrogen) atoms. The first-order valence-electron chi connectivity index (χ1n) is 7.97. The lowest BCUT2D eigenvalue weighted by atomic mass is 9.91. The Labute approximate surface area is 137 Å². The largest absolute Gasteiger partial charge is 0.481 e. The molecule has 1 N–H and O–H groups in total. The molecular weight excluding hydrogens is 298 g/mol. The minimum Gasteiger partial charge on any atom is -0.481 e. The van der Waals surface area contributed by atoms with Crippen molar-refractivity contribution in [3.05, 3.63) is 35.9 Å². The summed E-state index contributed by atoms with van der Waals surface area (Å²) in [7, 11) is 0. The lowest BCUT2D eigenvalue weighted by Gasteiger charge is -2.27. The molecule has 0 amide bonds. The van der Waals surface area contributed by atoms with Gasteiger partial charge in [-0.15, -0.1) is 0 Å². The Morgan fingerprint density at radius 3 is 2.86 bits per heavy atom. The van der Waals surface area contributed by atoms with Crippen LogP contribution in [0.4, 0.5) is 0 Å². The lowest BCUT2D eigenvalue weighted by molar-refractivity contribution is -0.137. The molecule has 4 nitrogen and oxygen atoms in total. The molecule has 5 heteroatoms. The van der Waals surface area contributed by atoms with Gasteiger partial charge in [0.1, 0.15) is 0 Å². The third-order valence-corrected chi connectivity index (χ3v) is 5.13. The van der Waals surface area contributed by atoms with E-state index in [1.165, 1.54) is 0 Å². The Hall–Kier alpha value is -1.04. The van der Waals surface area contributed by atoms with E-state index in [0.29, 0.717) is 13.0 Å². The second-order valence-electron chi connectivity index (χ2n) is 5.62. The van der Waals surface area contributed by atoms with Crippen LogP contribution in [-0.2, 0) is 9.53 Å². The van der Waals surface area contributed by atoms with E-state index in [1.54, 1.807) is 0 Å². The van der Waals surface area contributed by atoms with Crippen LogP contribution in [-0.4, -0.2) is 40.8 Å². The van der Waals surface area contributed by atoms with Crippen molar-refractivity contribution in [2.24, 2.45) is 5.92 Å². The third-order valence-electron chi connectivity index (χ3n) is 3.84. The van der Waals surface area contributed by atoms with Gasteiger partial charge >= 0.3 is 5.97 Å². The molecule has 1 aliphatic heterocycles. The Morgan fingerprint density at radius 1 is 1.41 bits per heavy atom. The van der Waals surface area contributed by atoms with E-state index >= 15 is 0 Å². The minimum absolute atomic E-state index is 0.00669. The summed E-state index contributed by atoms with van der Waals surface area (Å²) in [5.74, 6) is 0.580. The van der Waals surface area contributed by atoms with Gasteiger partial charge < -0.3 is 9.84 Å². The number of benzene rings is 1. The van der Waals surface area contributed by atoms with Crippen LogP contribution in [0.1, 0.15) is 37.9 Å². The van der Waals surface area contributed by atoms with Gasteiger partial charge in [-0.05, 0) is 18.4 Å². The van der Waals surface area contributed by atoms with E-state index in [1.807, 2.05) is 30.1 Å². The fourth-order valence-electron chi connectivity index (χ4n) is 2.77. The van der Waals surface area contributed by atoms with E-state index in [-0.39, 0.29) is 18.4 Å². The number of carbonyl (C=O) groups is 1. The Kier molecular flexibility index (Phi) is 7.22. The Morgan fingerprint density at radius 2 is 2.18 bits per heavy atom. The van der Waals surface area contributed by atoms with Crippen LogP contribution in [0.5, 0.6) is 0 Å². The van der Waals surface area contributed by atoms with Gasteiger partial charge in [-0.3, -0.25) is 4.79 Å². The monoisotopic (exact) mass is 323 g/mol. The highest BCUT2D eigenvalue weighted by molar-refractivity contribution is 7.97. The summed E-state index contributed by atoms with van der Waals surface area (Å²) in [4.78, 5) is 11.0. The topological polar surface area (TPSA) is 49.8 Å². The second kappa shape index (κ2) is 9.18. The lowest BCUT2D eigenvalue weighted by Crippen LogP contribution is -2.26. The summed E-state index contributed by atoms with van der Waals surface area (Å²) in [5, 5.41) is 9.02. The Balaban J connectivity index is 2.09. The molecule has 1 aliphatic rings. The van der Waals surface area contributed by atoms with Crippen molar-refractivity contribution in [1.82, 2.24) is 4.31 Å². The second-order valence-corrected chi connectivity index (χ2v) is 6.80. The van der Waals surface area contributed by atoms with Crippen molar-refractivity contribution >= 4 is 17.9 Å². The summed E-state index contributed by atoms with van der Waals surface area (Å²) >= 11 is 1.85. The van der Waals surface area contributed by atoms with Gasteiger partial charge in [-0.2, -0.15) is 0 Å². The molecule has 2 unspecified atom stereocenters. The SMILES string of the molecule is CCCSN1CCOC(c2ccccc2)C(CCC(=O)O)C1. The summed E-state index contributed by atoms with van der Waals surface area (Å²) in [6, 6.07) is 10.2. The van der Waals surface area contributed by atoms with Crippen LogP contribution in [0.2, 0.25) is 0 Å². The number of carboxylic acid groups (broad SMARTS) is 1.